The molecule has 2 aromatic rings. The van der Waals surface area contributed by atoms with Gasteiger partial charge in [0.1, 0.15) is 11.3 Å². The maximum absolute atomic E-state index is 12.3. The van der Waals surface area contributed by atoms with Gasteiger partial charge in [-0.25, -0.2) is 4.79 Å². The lowest BCUT2D eigenvalue weighted by Gasteiger charge is -2.31. The van der Waals surface area contributed by atoms with Crippen molar-refractivity contribution in [2.75, 3.05) is 13.7 Å². The van der Waals surface area contributed by atoms with E-state index >= 15 is 0 Å². The Morgan fingerprint density at radius 2 is 2.00 bits per heavy atom. The monoisotopic (exact) mass is 399 g/mol. The van der Waals surface area contributed by atoms with Gasteiger partial charge in [0.25, 0.3) is 0 Å². The van der Waals surface area contributed by atoms with Gasteiger partial charge in [-0.15, -0.1) is 0 Å². The molecule has 29 heavy (non-hydrogen) atoms. The quantitative estimate of drug-likeness (QED) is 0.683. The maximum Gasteiger partial charge on any atom is 0.341 e. The molecule has 0 aliphatic carbocycles. The molecular weight excluding hydrogens is 374 g/mol. The van der Waals surface area contributed by atoms with E-state index in [2.05, 4.69) is 0 Å². The minimum Gasteiger partial charge on any atom is -0.493 e. The summed E-state index contributed by atoms with van der Waals surface area (Å²) in [5.74, 6) is 0.0304. The smallest absolute Gasteiger partial charge is 0.341 e. The molecule has 0 bridgehead atoms. The van der Waals surface area contributed by atoms with Crippen molar-refractivity contribution in [3.63, 3.8) is 0 Å². The predicted octanol–water partition coefficient (Wildman–Crippen LogP) is 3.48. The van der Waals surface area contributed by atoms with Crippen LogP contribution in [-0.4, -0.2) is 35.1 Å². The van der Waals surface area contributed by atoms with Gasteiger partial charge in [-0.05, 0) is 43.9 Å². The van der Waals surface area contributed by atoms with E-state index in [1.54, 1.807) is 14.0 Å². The van der Waals surface area contributed by atoms with Crippen LogP contribution in [0, 0.1) is 0 Å². The van der Waals surface area contributed by atoms with Crippen molar-refractivity contribution in [3.05, 3.63) is 45.7 Å². The zero-order chi connectivity index (χ0) is 21.1. The molecule has 0 spiro atoms. The van der Waals surface area contributed by atoms with Gasteiger partial charge >= 0.3 is 5.97 Å². The van der Waals surface area contributed by atoms with Gasteiger partial charge in [-0.1, -0.05) is 6.92 Å². The lowest BCUT2D eigenvalue weighted by Crippen LogP contribution is -2.25. The molecule has 1 aromatic heterocycles. The summed E-state index contributed by atoms with van der Waals surface area (Å²) < 4.78 is 13.2. The van der Waals surface area contributed by atoms with Crippen LogP contribution in [0.15, 0.2) is 29.2 Å². The van der Waals surface area contributed by atoms with E-state index in [0.29, 0.717) is 43.1 Å². The second-order valence-electron chi connectivity index (χ2n) is 7.23. The summed E-state index contributed by atoms with van der Waals surface area (Å²) >= 11 is 0. The summed E-state index contributed by atoms with van der Waals surface area (Å²) in [6.07, 6.45) is 4.01. The molecule has 1 unspecified atom stereocenters. The highest BCUT2D eigenvalue weighted by atomic mass is 16.5. The van der Waals surface area contributed by atoms with E-state index in [-0.39, 0.29) is 17.4 Å². The lowest BCUT2D eigenvalue weighted by molar-refractivity contribution is -0.117. The number of Topliss-reactive ketones (excluding diaryl/α,β-unsaturated/α-hetero) is 1. The molecule has 0 saturated carbocycles. The van der Waals surface area contributed by atoms with Crippen LogP contribution < -0.4 is 14.9 Å². The highest BCUT2D eigenvalue weighted by molar-refractivity contribution is 5.88. The molecule has 0 saturated heterocycles. The Kier molecular flexibility index (Phi) is 6.06. The molecular formula is C22H25NO6. The number of ketones is 1. The van der Waals surface area contributed by atoms with Crippen LogP contribution in [0.3, 0.4) is 0 Å². The van der Waals surface area contributed by atoms with E-state index in [1.165, 1.54) is 12.3 Å². The predicted molar refractivity (Wildman–Crippen MR) is 108 cm³/mol. The fraction of sp³-hybridized carbons (Fsp3) is 0.409. The third-order valence-corrected chi connectivity index (χ3v) is 5.23. The van der Waals surface area contributed by atoms with Crippen LogP contribution in [0.2, 0.25) is 0 Å². The third-order valence-electron chi connectivity index (χ3n) is 5.23. The van der Waals surface area contributed by atoms with Crippen LogP contribution in [0.4, 0.5) is 0 Å². The standard InChI is InChI=1S/C22H25NO6/c1-4-15-8-14-9-21(29-7-5-6-13(2)24)20(28-3)10-16(14)18-11-19(25)17(22(26)27)12-23(15)18/h9-12,15H,4-8H2,1-3H3,(H,26,27). The Labute approximate surface area is 168 Å². The van der Waals surface area contributed by atoms with Gasteiger partial charge in [-0.2, -0.15) is 0 Å². The molecule has 154 valence electrons. The molecule has 0 radical (unpaired) electrons. The Morgan fingerprint density at radius 1 is 1.24 bits per heavy atom. The van der Waals surface area contributed by atoms with Crippen molar-refractivity contribution >= 4 is 11.8 Å². The van der Waals surface area contributed by atoms with E-state index in [0.717, 1.165) is 17.5 Å². The molecule has 0 fully saturated rings. The number of aromatic nitrogens is 1. The topological polar surface area (TPSA) is 94.8 Å². The summed E-state index contributed by atoms with van der Waals surface area (Å²) in [6, 6.07) is 5.17. The number of fused-ring (bicyclic) bond motifs is 3. The fourth-order valence-electron chi connectivity index (χ4n) is 3.71. The molecule has 1 aliphatic rings. The fourth-order valence-corrected chi connectivity index (χ4v) is 3.71. The van der Waals surface area contributed by atoms with Crippen molar-refractivity contribution in [3.8, 4) is 22.8 Å². The second-order valence-corrected chi connectivity index (χ2v) is 7.23. The van der Waals surface area contributed by atoms with Gasteiger partial charge in [0, 0.05) is 30.3 Å². The minimum atomic E-state index is -1.22. The average Bonchev–Trinajstić information content (AvgIpc) is 2.69. The zero-order valence-corrected chi connectivity index (χ0v) is 16.9. The molecule has 1 N–H and O–H groups in total. The largest absolute Gasteiger partial charge is 0.493 e. The van der Waals surface area contributed by atoms with Gasteiger partial charge in [0.05, 0.1) is 19.4 Å². The van der Waals surface area contributed by atoms with Gasteiger partial charge in [-0.3, -0.25) is 4.79 Å². The SMILES string of the molecule is CCC1Cc2cc(OCCCC(C)=O)c(OC)cc2-c2cc(=O)c(C(=O)O)cn21. The Hall–Kier alpha value is -3.09. The molecule has 1 aromatic carbocycles. The first-order valence-corrected chi connectivity index (χ1v) is 9.68. The molecule has 7 nitrogen and oxygen atoms in total. The zero-order valence-electron chi connectivity index (χ0n) is 16.9. The van der Waals surface area contributed by atoms with Crippen molar-refractivity contribution in [1.29, 1.82) is 0 Å². The second kappa shape index (κ2) is 8.51. The van der Waals surface area contributed by atoms with E-state index in [9.17, 15) is 19.5 Å². The van der Waals surface area contributed by atoms with E-state index < -0.39 is 11.4 Å². The Balaban J connectivity index is 2.03. The number of carboxylic acids is 1. The van der Waals surface area contributed by atoms with E-state index in [4.69, 9.17) is 9.47 Å². The summed E-state index contributed by atoms with van der Waals surface area (Å²) in [4.78, 5) is 34.8. The number of methoxy groups -OCH3 is 1. The number of benzene rings is 1. The summed E-state index contributed by atoms with van der Waals surface area (Å²) in [5, 5.41) is 9.31. The number of carboxylic acid groups (broad SMARTS) is 1. The average molecular weight is 399 g/mol. The number of aromatic carboxylic acids is 1. The lowest BCUT2D eigenvalue weighted by atomic mass is 9.90. The normalized spacial score (nSPS) is 14.7. The summed E-state index contributed by atoms with van der Waals surface area (Å²) in [5.41, 5.74) is 1.77. The first kappa shape index (κ1) is 20.6. The van der Waals surface area contributed by atoms with Crippen molar-refractivity contribution in [2.45, 2.75) is 45.6 Å². The van der Waals surface area contributed by atoms with Gasteiger partial charge in [0.2, 0.25) is 0 Å². The van der Waals surface area contributed by atoms with Crippen LogP contribution in [-0.2, 0) is 11.2 Å². The molecule has 1 aliphatic heterocycles. The van der Waals surface area contributed by atoms with Crippen molar-refractivity contribution in [2.24, 2.45) is 0 Å². The third kappa shape index (κ3) is 4.18. The first-order valence-electron chi connectivity index (χ1n) is 9.68. The van der Waals surface area contributed by atoms with Crippen LogP contribution in [0.25, 0.3) is 11.3 Å². The number of rotatable bonds is 8. The molecule has 3 rings (SSSR count). The molecule has 0 amide bonds. The van der Waals surface area contributed by atoms with Crippen LogP contribution in [0.1, 0.15) is 55.1 Å². The van der Waals surface area contributed by atoms with Gasteiger partial charge in [0.15, 0.2) is 16.9 Å². The molecule has 2 heterocycles. The Morgan fingerprint density at radius 3 is 2.62 bits per heavy atom. The molecule has 7 heteroatoms. The van der Waals surface area contributed by atoms with Crippen LogP contribution in [0.5, 0.6) is 11.5 Å². The highest BCUT2D eigenvalue weighted by Crippen LogP contribution is 2.41. The summed E-state index contributed by atoms with van der Waals surface area (Å²) in [6.45, 7) is 3.99. The maximum atomic E-state index is 12.3. The number of pyridine rings is 1. The van der Waals surface area contributed by atoms with Gasteiger partial charge < -0.3 is 23.9 Å². The van der Waals surface area contributed by atoms with Crippen molar-refractivity contribution in [1.82, 2.24) is 4.57 Å². The number of nitrogens with zero attached hydrogens (tertiary/aromatic N) is 1. The number of ether oxygens (including phenoxy) is 2. The number of carbonyl (C=O) groups is 2. The number of hydrogen-bond donors (Lipinski definition) is 1. The number of hydrogen-bond acceptors (Lipinski definition) is 5. The highest BCUT2D eigenvalue weighted by Gasteiger charge is 2.26. The summed E-state index contributed by atoms with van der Waals surface area (Å²) in [7, 11) is 1.54. The molecule has 1 atom stereocenters. The van der Waals surface area contributed by atoms with Crippen molar-refractivity contribution < 1.29 is 24.2 Å². The van der Waals surface area contributed by atoms with E-state index in [1.807, 2.05) is 23.6 Å². The first-order chi connectivity index (χ1) is 13.8. The number of carbonyl (C=O) groups excluding carboxylic acids is 1. The minimum absolute atomic E-state index is 0.0372. The van der Waals surface area contributed by atoms with Crippen LogP contribution >= 0.6 is 0 Å². The Bertz CT molecular complexity index is 1010.